The Balaban J connectivity index is 1.56. The fourth-order valence-corrected chi connectivity index (χ4v) is 4.26. The van der Waals surface area contributed by atoms with Gasteiger partial charge in [-0.3, -0.25) is 19.3 Å². The summed E-state index contributed by atoms with van der Waals surface area (Å²) >= 11 is 0. The second kappa shape index (κ2) is 6.56. The number of benzene rings is 2. The Morgan fingerprint density at radius 3 is 2.31 bits per heavy atom. The summed E-state index contributed by atoms with van der Waals surface area (Å²) in [6.45, 7) is 1.63. The number of imide groups is 1. The number of likely N-dealkylation sites (tertiary alicyclic amines) is 1. The second-order valence-electron chi connectivity index (χ2n) is 7.24. The van der Waals surface area contributed by atoms with Gasteiger partial charge < -0.3 is 5.32 Å². The molecule has 0 spiro atoms. The number of nitrogens with zero attached hydrogens (tertiary/aromatic N) is 1. The van der Waals surface area contributed by atoms with Gasteiger partial charge in [-0.25, -0.2) is 0 Å². The first-order chi connectivity index (χ1) is 12.6. The number of fused-ring (bicyclic) bond motifs is 2. The molecule has 3 atom stereocenters. The zero-order valence-electron chi connectivity index (χ0n) is 14.8. The predicted molar refractivity (Wildman–Crippen MR) is 99.3 cm³/mol. The van der Waals surface area contributed by atoms with E-state index in [2.05, 4.69) is 5.32 Å². The molecular formula is C21H22N2O3. The quantitative estimate of drug-likeness (QED) is 0.864. The second-order valence-corrected chi connectivity index (χ2v) is 7.24. The first kappa shape index (κ1) is 16.8. The lowest BCUT2D eigenvalue weighted by Crippen LogP contribution is -2.46. The van der Waals surface area contributed by atoms with Crippen molar-refractivity contribution in [2.24, 2.45) is 11.8 Å². The number of carbonyl (C=O) groups is 3. The predicted octanol–water partition coefficient (Wildman–Crippen LogP) is 3.34. The van der Waals surface area contributed by atoms with E-state index in [-0.39, 0.29) is 29.6 Å². The van der Waals surface area contributed by atoms with Crippen LogP contribution in [-0.4, -0.2) is 28.7 Å². The van der Waals surface area contributed by atoms with Gasteiger partial charge in [0.1, 0.15) is 6.04 Å². The minimum absolute atomic E-state index is 0.180. The fourth-order valence-electron chi connectivity index (χ4n) is 4.26. The van der Waals surface area contributed by atoms with E-state index in [1.54, 1.807) is 6.92 Å². The molecule has 2 fully saturated rings. The number of anilines is 1. The number of nitrogens with one attached hydrogen (secondary N) is 1. The van der Waals surface area contributed by atoms with Gasteiger partial charge >= 0.3 is 0 Å². The summed E-state index contributed by atoms with van der Waals surface area (Å²) in [5.74, 6) is -1.16. The molecule has 4 rings (SSSR count). The number of hydrogen-bond acceptors (Lipinski definition) is 3. The van der Waals surface area contributed by atoms with Gasteiger partial charge in [0.25, 0.3) is 0 Å². The lowest BCUT2D eigenvalue weighted by Gasteiger charge is -2.22. The Morgan fingerprint density at radius 1 is 1.00 bits per heavy atom. The lowest BCUT2D eigenvalue weighted by molar-refractivity contribution is -0.146. The number of amides is 3. The van der Waals surface area contributed by atoms with Crippen LogP contribution in [0.25, 0.3) is 10.8 Å². The van der Waals surface area contributed by atoms with Crippen LogP contribution in [0.3, 0.4) is 0 Å². The Labute approximate surface area is 152 Å². The molecule has 26 heavy (non-hydrogen) atoms. The van der Waals surface area contributed by atoms with Gasteiger partial charge in [-0.15, -0.1) is 0 Å². The van der Waals surface area contributed by atoms with Crippen molar-refractivity contribution in [2.75, 3.05) is 5.32 Å². The van der Waals surface area contributed by atoms with Crippen LogP contribution in [0.4, 0.5) is 5.69 Å². The zero-order valence-corrected chi connectivity index (χ0v) is 14.8. The molecule has 1 saturated heterocycles. The van der Waals surface area contributed by atoms with E-state index in [1.807, 2.05) is 42.5 Å². The van der Waals surface area contributed by atoms with Crippen LogP contribution in [-0.2, 0) is 14.4 Å². The van der Waals surface area contributed by atoms with Crippen LogP contribution in [0.1, 0.15) is 32.6 Å². The Hall–Kier alpha value is -2.69. The minimum atomic E-state index is -0.806. The van der Waals surface area contributed by atoms with Crippen molar-refractivity contribution in [3.63, 3.8) is 0 Å². The largest absolute Gasteiger partial charge is 0.324 e. The molecule has 134 valence electrons. The number of hydrogen-bond donors (Lipinski definition) is 1. The van der Waals surface area contributed by atoms with Crippen molar-refractivity contribution < 1.29 is 14.4 Å². The molecule has 3 amide bonds. The summed E-state index contributed by atoms with van der Waals surface area (Å²) in [6.07, 6.45) is 3.46. The molecule has 1 aliphatic carbocycles. The highest BCUT2D eigenvalue weighted by atomic mass is 16.2. The Kier molecular flexibility index (Phi) is 4.23. The number of rotatable bonds is 3. The van der Waals surface area contributed by atoms with Gasteiger partial charge in [-0.05, 0) is 31.2 Å². The van der Waals surface area contributed by atoms with Crippen molar-refractivity contribution in [1.29, 1.82) is 0 Å². The van der Waals surface area contributed by atoms with Crippen molar-refractivity contribution in [3.05, 3.63) is 42.5 Å². The highest BCUT2D eigenvalue weighted by Crippen LogP contribution is 2.39. The normalized spacial score (nSPS) is 23.8. The molecular weight excluding hydrogens is 328 g/mol. The minimum Gasteiger partial charge on any atom is -0.324 e. The van der Waals surface area contributed by atoms with E-state index in [0.29, 0.717) is 5.69 Å². The molecule has 0 bridgehead atoms. The van der Waals surface area contributed by atoms with Gasteiger partial charge in [0.15, 0.2) is 0 Å². The molecule has 5 nitrogen and oxygen atoms in total. The van der Waals surface area contributed by atoms with Crippen LogP contribution >= 0.6 is 0 Å². The van der Waals surface area contributed by atoms with Crippen molar-refractivity contribution in [3.8, 4) is 0 Å². The third kappa shape index (κ3) is 2.68. The third-order valence-corrected chi connectivity index (χ3v) is 5.69. The van der Waals surface area contributed by atoms with Gasteiger partial charge in [0.05, 0.1) is 11.8 Å². The third-order valence-electron chi connectivity index (χ3n) is 5.69. The zero-order chi connectivity index (χ0) is 18.3. The SMILES string of the molecule is CC(C(=O)Nc1cccc2ccccc12)N1C(=O)C2CCCCC2C1=O. The smallest absolute Gasteiger partial charge is 0.247 e. The highest BCUT2D eigenvalue weighted by Gasteiger charge is 2.50. The van der Waals surface area contributed by atoms with E-state index in [9.17, 15) is 14.4 Å². The topological polar surface area (TPSA) is 66.5 Å². The molecule has 0 radical (unpaired) electrons. The molecule has 0 aromatic heterocycles. The van der Waals surface area contributed by atoms with Gasteiger partial charge in [0.2, 0.25) is 17.7 Å². The van der Waals surface area contributed by atoms with E-state index in [4.69, 9.17) is 0 Å². The van der Waals surface area contributed by atoms with E-state index >= 15 is 0 Å². The summed E-state index contributed by atoms with van der Waals surface area (Å²) in [4.78, 5) is 39.4. The van der Waals surface area contributed by atoms with Crippen LogP contribution in [0.5, 0.6) is 0 Å². The van der Waals surface area contributed by atoms with Crippen LogP contribution in [0.15, 0.2) is 42.5 Å². The van der Waals surface area contributed by atoms with Gasteiger partial charge in [-0.1, -0.05) is 49.2 Å². The average Bonchev–Trinajstić information content (AvgIpc) is 2.92. The summed E-state index contributed by atoms with van der Waals surface area (Å²) < 4.78 is 0. The van der Waals surface area contributed by atoms with Crippen molar-refractivity contribution in [1.82, 2.24) is 4.90 Å². The fraction of sp³-hybridized carbons (Fsp3) is 0.381. The maximum Gasteiger partial charge on any atom is 0.247 e. The van der Waals surface area contributed by atoms with Gasteiger partial charge in [-0.2, -0.15) is 0 Å². The first-order valence-corrected chi connectivity index (χ1v) is 9.23. The van der Waals surface area contributed by atoms with E-state index in [0.717, 1.165) is 36.5 Å². The molecule has 2 aromatic carbocycles. The maximum atomic E-state index is 12.8. The Morgan fingerprint density at radius 2 is 1.62 bits per heavy atom. The van der Waals surface area contributed by atoms with Crippen LogP contribution in [0.2, 0.25) is 0 Å². The van der Waals surface area contributed by atoms with Crippen molar-refractivity contribution in [2.45, 2.75) is 38.6 Å². The summed E-state index contributed by atoms with van der Waals surface area (Å²) in [5.41, 5.74) is 0.691. The number of carbonyl (C=O) groups excluding carboxylic acids is 3. The Bertz CT molecular complexity index is 862. The average molecular weight is 350 g/mol. The van der Waals surface area contributed by atoms with Crippen molar-refractivity contribution >= 4 is 34.2 Å². The molecule has 2 aliphatic rings. The molecule has 1 heterocycles. The first-order valence-electron chi connectivity index (χ1n) is 9.23. The molecule has 1 N–H and O–H groups in total. The maximum absolute atomic E-state index is 12.8. The van der Waals surface area contributed by atoms with Gasteiger partial charge in [0, 0.05) is 11.1 Å². The molecule has 3 unspecified atom stereocenters. The summed E-state index contributed by atoms with van der Waals surface area (Å²) in [6, 6.07) is 12.7. The van der Waals surface area contributed by atoms with E-state index < -0.39 is 6.04 Å². The molecule has 1 saturated carbocycles. The highest BCUT2D eigenvalue weighted by molar-refractivity contribution is 6.11. The molecule has 1 aliphatic heterocycles. The summed E-state index contributed by atoms with van der Waals surface area (Å²) in [5, 5.41) is 4.86. The summed E-state index contributed by atoms with van der Waals surface area (Å²) in [7, 11) is 0. The van der Waals surface area contributed by atoms with E-state index in [1.165, 1.54) is 4.90 Å². The molecule has 5 heteroatoms. The van der Waals surface area contributed by atoms with Crippen LogP contribution in [0, 0.1) is 11.8 Å². The monoisotopic (exact) mass is 350 g/mol. The standard InChI is InChI=1S/C21H22N2O3/c1-13(23-20(25)16-10-4-5-11-17(16)21(23)26)19(24)22-18-12-6-8-14-7-2-3-9-15(14)18/h2-3,6-9,12-13,16-17H,4-5,10-11H2,1H3,(H,22,24). The van der Waals surface area contributed by atoms with Crippen LogP contribution < -0.4 is 5.32 Å². The molecule has 2 aromatic rings. The lowest BCUT2D eigenvalue weighted by atomic mass is 9.81.